The zero-order valence-electron chi connectivity index (χ0n) is 19.5. The first-order chi connectivity index (χ1) is 16.8. The van der Waals surface area contributed by atoms with E-state index in [1.807, 2.05) is 19.1 Å². The fourth-order valence-corrected chi connectivity index (χ4v) is 4.04. The van der Waals surface area contributed by atoms with E-state index in [0.29, 0.717) is 46.9 Å². The number of nitrogens with zero attached hydrogens (tertiary/aromatic N) is 2. The van der Waals surface area contributed by atoms with Gasteiger partial charge in [0.25, 0.3) is 17.5 Å². The molecule has 1 aromatic heterocycles. The Balaban J connectivity index is 1.58. The second-order valence-corrected chi connectivity index (χ2v) is 8.17. The third-order valence-electron chi connectivity index (χ3n) is 5.75. The van der Waals surface area contributed by atoms with Gasteiger partial charge in [-0.25, -0.2) is 5.43 Å². The zero-order chi connectivity index (χ0) is 25.1. The first-order valence-corrected chi connectivity index (χ1v) is 11.0. The van der Waals surface area contributed by atoms with Crippen LogP contribution in [0.25, 0.3) is 0 Å². The Morgan fingerprint density at radius 3 is 2.66 bits per heavy atom. The third kappa shape index (κ3) is 4.91. The molecule has 0 aliphatic heterocycles. The van der Waals surface area contributed by atoms with E-state index in [4.69, 9.17) is 9.15 Å². The number of fused-ring (bicyclic) bond motifs is 1. The number of ether oxygens (including phenoxy) is 1. The Morgan fingerprint density at radius 2 is 1.91 bits per heavy atom. The molecule has 10 heteroatoms. The molecule has 0 spiro atoms. The van der Waals surface area contributed by atoms with E-state index < -0.39 is 16.7 Å². The Bertz CT molecular complexity index is 1360. The zero-order valence-corrected chi connectivity index (χ0v) is 19.5. The number of rotatable bonds is 6. The number of nitro groups is 1. The number of amides is 2. The number of nitro benzene ring substituents is 1. The van der Waals surface area contributed by atoms with Gasteiger partial charge < -0.3 is 14.5 Å². The lowest BCUT2D eigenvalue weighted by Crippen LogP contribution is -2.22. The summed E-state index contributed by atoms with van der Waals surface area (Å²) in [6.45, 7) is 3.69. The maximum absolute atomic E-state index is 13.1. The molecule has 4 rings (SSSR count). The smallest absolute Gasteiger partial charge is 0.291 e. The number of aryl methyl sites for hydroxylation is 2. The third-order valence-corrected chi connectivity index (χ3v) is 5.75. The van der Waals surface area contributed by atoms with Crippen molar-refractivity contribution in [3.05, 3.63) is 86.4 Å². The molecule has 2 N–H and O–H groups in total. The molecule has 1 heterocycles. The molecule has 0 unspecified atom stereocenters. The Hall–Kier alpha value is -4.47. The van der Waals surface area contributed by atoms with Gasteiger partial charge in [0.1, 0.15) is 11.5 Å². The van der Waals surface area contributed by atoms with Crippen molar-refractivity contribution in [1.82, 2.24) is 5.43 Å². The summed E-state index contributed by atoms with van der Waals surface area (Å²) in [5.41, 5.74) is 5.79. The molecule has 1 aliphatic rings. The van der Waals surface area contributed by atoms with Gasteiger partial charge in [0, 0.05) is 35.2 Å². The van der Waals surface area contributed by atoms with Crippen molar-refractivity contribution in [2.45, 2.75) is 33.1 Å². The number of furan rings is 1. The van der Waals surface area contributed by atoms with Crippen LogP contribution >= 0.6 is 0 Å². The lowest BCUT2D eigenvalue weighted by molar-refractivity contribution is -0.384. The number of hydrazone groups is 1. The van der Waals surface area contributed by atoms with Gasteiger partial charge in [-0.2, -0.15) is 5.10 Å². The van der Waals surface area contributed by atoms with Crippen molar-refractivity contribution in [2.24, 2.45) is 5.10 Å². The number of hydrogen-bond acceptors (Lipinski definition) is 7. The van der Waals surface area contributed by atoms with Crippen LogP contribution in [-0.2, 0) is 6.42 Å². The van der Waals surface area contributed by atoms with Crippen LogP contribution in [0, 0.1) is 24.0 Å². The SMILES string of the molecule is COc1ccc(C)cc1NC(=O)c1oc2c(c1C)/C(=N/NC(=O)c1cccc([N+](=O)[O-])c1)CCC2. The van der Waals surface area contributed by atoms with Crippen LogP contribution in [0.1, 0.15) is 56.2 Å². The summed E-state index contributed by atoms with van der Waals surface area (Å²) in [5.74, 6) is 0.334. The number of nitrogens with one attached hydrogen (secondary N) is 2. The van der Waals surface area contributed by atoms with E-state index in [1.54, 1.807) is 13.0 Å². The molecule has 10 nitrogen and oxygen atoms in total. The average molecular weight is 476 g/mol. The largest absolute Gasteiger partial charge is 0.495 e. The number of carbonyl (C=O) groups is 2. The molecule has 3 aromatic rings. The molecule has 35 heavy (non-hydrogen) atoms. The van der Waals surface area contributed by atoms with Crippen LogP contribution < -0.4 is 15.5 Å². The highest BCUT2D eigenvalue weighted by Crippen LogP contribution is 2.32. The molecule has 0 bridgehead atoms. The van der Waals surface area contributed by atoms with Crippen molar-refractivity contribution in [3.63, 3.8) is 0 Å². The maximum Gasteiger partial charge on any atom is 0.291 e. The van der Waals surface area contributed by atoms with E-state index >= 15 is 0 Å². The minimum Gasteiger partial charge on any atom is -0.495 e. The number of anilines is 1. The van der Waals surface area contributed by atoms with E-state index in [9.17, 15) is 19.7 Å². The molecule has 1 aliphatic carbocycles. The standard InChI is InChI=1S/C25H24N4O6/c1-14-10-11-20(34-3)19(12-14)26-25(31)23-15(2)22-18(8-5-9-21(22)35-23)27-28-24(30)16-6-4-7-17(13-16)29(32)33/h4,6-7,10-13H,5,8-9H2,1-3H3,(H,26,31)(H,28,30)/b27-18+. The summed E-state index contributed by atoms with van der Waals surface area (Å²) in [6.07, 6.45) is 1.95. The van der Waals surface area contributed by atoms with Gasteiger partial charge in [-0.3, -0.25) is 19.7 Å². The van der Waals surface area contributed by atoms with Crippen molar-refractivity contribution in [3.8, 4) is 5.75 Å². The first-order valence-electron chi connectivity index (χ1n) is 11.0. The van der Waals surface area contributed by atoms with Gasteiger partial charge in [-0.05, 0) is 50.5 Å². The van der Waals surface area contributed by atoms with Crippen LogP contribution in [0.15, 0.2) is 52.0 Å². The maximum atomic E-state index is 13.1. The van der Waals surface area contributed by atoms with Crippen LogP contribution in [0.2, 0.25) is 0 Å². The van der Waals surface area contributed by atoms with Crippen molar-refractivity contribution in [2.75, 3.05) is 12.4 Å². The molecule has 2 amide bonds. The number of benzene rings is 2. The highest BCUT2D eigenvalue weighted by Gasteiger charge is 2.28. The summed E-state index contributed by atoms with van der Waals surface area (Å²) >= 11 is 0. The van der Waals surface area contributed by atoms with Crippen molar-refractivity contribution < 1.29 is 23.7 Å². The molecule has 0 atom stereocenters. The monoisotopic (exact) mass is 476 g/mol. The summed E-state index contributed by atoms with van der Waals surface area (Å²) in [4.78, 5) is 36.0. The fraction of sp³-hybridized carbons (Fsp3) is 0.240. The van der Waals surface area contributed by atoms with E-state index in [0.717, 1.165) is 12.0 Å². The Labute approximate surface area is 201 Å². The van der Waals surface area contributed by atoms with Crippen molar-refractivity contribution in [1.29, 1.82) is 0 Å². The fourth-order valence-electron chi connectivity index (χ4n) is 4.04. The van der Waals surface area contributed by atoms with Gasteiger partial charge in [0.15, 0.2) is 5.76 Å². The lowest BCUT2D eigenvalue weighted by Gasteiger charge is -2.13. The summed E-state index contributed by atoms with van der Waals surface area (Å²) in [5, 5.41) is 18.1. The summed E-state index contributed by atoms with van der Waals surface area (Å²) in [7, 11) is 1.53. The van der Waals surface area contributed by atoms with Gasteiger partial charge >= 0.3 is 0 Å². The molecule has 0 fully saturated rings. The molecule has 0 saturated heterocycles. The number of methoxy groups -OCH3 is 1. The normalized spacial score (nSPS) is 13.7. The first kappa shape index (κ1) is 23.7. The van der Waals surface area contributed by atoms with Gasteiger partial charge in [0.05, 0.1) is 23.4 Å². The minimum atomic E-state index is -0.570. The van der Waals surface area contributed by atoms with Crippen LogP contribution in [0.5, 0.6) is 5.75 Å². The van der Waals surface area contributed by atoms with E-state index in [2.05, 4.69) is 15.8 Å². The van der Waals surface area contributed by atoms with Crippen molar-refractivity contribution >= 4 is 28.9 Å². The molecule has 2 aromatic carbocycles. The van der Waals surface area contributed by atoms with Crippen LogP contribution in [0.3, 0.4) is 0 Å². The number of hydrogen-bond donors (Lipinski definition) is 2. The minimum absolute atomic E-state index is 0.121. The summed E-state index contributed by atoms with van der Waals surface area (Å²) in [6, 6.07) is 10.9. The second kappa shape index (κ2) is 9.80. The highest BCUT2D eigenvalue weighted by atomic mass is 16.6. The molecular weight excluding hydrogens is 452 g/mol. The predicted molar refractivity (Wildman–Crippen MR) is 129 cm³/mol. The Morgan fingerprint density at radius 1 is 1.11 bits per heavy atom. The topological polar surface area (TPSA) is 136 Å². The summed E-state index contributed by atoms with van der Waals surface area (Å²) < 4.78 is 11.3. The quantitative estimate of drug-likeness (QED) is 0.396. The second-order valence-electron chi connectivity index (χ2n) is 8.17. The van der Waals surface area contributed by atoms with Gasteiger partial charge in [-0.15, -0.1) is 0 Å². The Kier molecular flexibility index (Phi) is 6.63. The molecule has 0 radical (unpaired) electrons. The predicted octanol–water partition coefficient (Wildman–Crippen LogP) is 4.54. The number of carbonyl (C=O) groups excluding carboxylic acids is 2. The van der Waals surface area contributed by atoms with Crippen LogP contribution in [0.4, 0.5) is 11.4 Å². The van der Waals surface area contributed by atoms with Gasteiger partial charge in [-0.1, -0.05) is 12.1 Å². The highest BCUT2D eigenvalue weighted by molar-refractivity contribution is 6.10. The van der Waals surface area contributed by atoms with E-state index in [1.165, 1.54) is 31.4 Å². The van der Waals surface area contributed by atoms with Crippen LogP contribution in [-0.4, -0.2) is 29.6 Å². The molecule has 180 valence electrons. The average Bonchev–Trinajstić information content (AvgIpc) is 3.20. The lowest BCUT2D eigenvalue weighted by atomic mass is 9.93. The number of non-ortho nitro benzene ring substituents is 1. The molecular formula is C25H24N4O6. The molecule has 0 saturated carbocycles. The van der Waals surface area contributed by atoms with Gasteiger partial charge in [0.2, 0.25) is 0 Å². The van der Waals surface area contributed by atoms with E-state index in [-0.39, 0.29) is 17.0 Å².